The monoisotopic (exact) mass is 308 g/mol. The van der Waals surface area contributed by atoms with Gasteiger partial charge in [0, 0.05) is 26.6 Å². The van der Waals surface area contributed by atoms with Gasteiger partial charge in [-0.05, 0) is 30.5 Å². The zero-order chi connectivity index (χ0) is 15.9. The first-order valence-corrected chi connectivity index (χ1v) is 7.43. The van der Waals surface area contributed by atoms with Crippen LogP contribution in [0.2, 0.25) is 0 Å². The number of rotatable bonds is 6. The van der Waals surface area contributed by atoms with Crippen molar-refractivity contribution >= 4 is 11.8 Å². The van der Waals surface area contributed by atoms with E-state index in [1.165, 1.54) is 24.0 Å². The maximum absolute atomic E-state index is 12.8. The SMILES string of the molecule is CC(=O)N(CC(=O)NCc1ccc(F)cc1)CC1CCCO1. The highest BCUT2D eigenvalue weighted by molar-refractivity contribution is 5.83. The summed E-state index contributed by atoms with van der Waals surface area (Å²) < 4.78 is 18.3. The van der Waals surface area contributed by atoms with Gasteiger partial charge in [-0.15, -0.1) is 0 Å². The second kappa shape index (κ2) is 7.89. The zero-order valence-corrected chi connectivity index (χ0v) is 12.7. The predicted molar refractivity (Wildman–Crippen MR) is 79.5 cm³/mol. The Morgan fingerprint density at radius 2 is 2.09 bits per heavy atom. The molecule has 2 amide bonds. The summed E-state index contributed by atoms with van der Waals surface area (Å²) in [5, 5.41) is 2.73. The minimum atomic E-state index is -0.311. The zero-order valence-electron chi connectivity index (χ0n) is 12.7. The van der Waals surface area contributed by atoms with E-state index in [0.29, 0.717) is 19.7 Å². The number of carbonyl (C=O) groups excluding carboxylic acids is 2. The molecule has 2 rings (SSSR count). The number of halogens is 1. The first kappa shape index (κ1) is 16.4. The van der Waals surface area contributed by atoms with Crippen LogP contribution in [0.5, 0.6) is 0 Å². The molecule has 1 aromatic rings. The number of amides is 2. The molecule has 0 radical (unpaired) electrons. The van der Waals surface area contributed by atoms with Crippen LogP contribution in [0, 0.1) is 5.82 Å². The quantitative estimate of drug-likeness (QED) is 0.866. The molecule has 1 N–H and O–H groups in total. The summed E-state index contributed by atoms with van der Waals surface area (Å²) >= 11 is 0. The van der Waals surface area contributed by atoms with Crippen molar-refractivity contribution in [3.8, 4) is 0 Å². The van der Waals surface area contributed by atoms with Gasteiger partial charge < -0.3 is 15.0 Å². The van der Waals surface area contributed by atoms with E-state index in [2.05, 4.69) is 5.32 Å². The summed E-state index contributed by atoms with van der Waals surface area (Å²) in [4.78, 5) is 25.1. The first-order chi connectivity index (χ1) is 10.5. The minimum absolute atomic E-state index is 0.0103. The van der Waals surface area contributed by atoms with E-state index < -0.39 is 0 Å². The molecule has 0 aliphatic carbocycles. The summed E-state index contributed by atoms with van der Waals surface area (Å²) in [6.07, 6.45) is 1.93. The molecule has 22 heavy (non-hydrogen) atoms. The molecule has 5 nitrogen and oxygen atoms in total. The fourth-order valence-electron chi connectivity index (χ4n) is 2.37. The lowest BCUT2D eigenvalue weighted by molar-refractivity contribution is -0.135. The van der Waals surface area contributed by atoms with Gasteiger partial charge in [0.05, 0.1) is 12.6 Å². The highest BCUT2D eigenvalue weighted by atomic mass is 19.1. The van der Waals surface area contributed by atoms with Crippen LogP contribution >= 0.6 is 0 Å². The van der Waals surface area contributed by atoms with Gasteiger partial charge >= 0.3 is 0 Å². The molecule has 1 aliphatic heterocycles. The van der Waals surface area contributed by atoms with E-state index in [1.54, 1.807) is 12.1 Å². The molecule has 0 bridgehead atoms. The van der Waals surface area contributed by atoms with E-state index in [0.717, 1.165) is 18.4 Å². The minimum Gasteiger partial charge on any atom is -0.376 e. The molecule has 120 valence electrons. The Labute approximate surface area is 129 Å². The Morgan fingerprint density at radius 1 is 1.36 bits per heavy atom. The summed E-state index contributed by atoms with van der Waals surface area (Å²) in [7, 11) is 0. The molecule has 6 heteroatoms. The molecule has 0 spiro atoms. The van der Waals surface area contributed by atoms with Gasteiger partial charge in [0.25, 0.3) is 0 Å². The lowest BCUT2D eigenvalue weighted by Gasteiger charge is -2.23. The number of nitrogens with zero attached hydrogens (tertiary/aromatic N) is 1. The molecular formula is C16H21FN2O3. The van der Waals surface area contributed by atoms with Crippen LogP contribution in [0.3, 0.4) is 0 Å². The Kier molecular flexibility index (Phi) is 5.89. The molecule has 0 aromatic heterocycles. The van der Waals surface area contributed by atoms with Crippen molar-refractivity contribution in [2.75, 3.05) is 19.7 Å². The first-order valence-electron chi connectivity index (χ1n) is 7.43. The average Bonchev–Trinajstić information content (AvgIpc) is 2.99. The van der Waals surface area contributed by atoms with Crippen LogP contribution in [0.1, 0.15) is 25.3 Å². The van der Waals surface area contributed by atoms with Crippen LogP contribution in [0.4, 0.5) is 4.39 Å². The van der Waals surface area contributed by atoms with E-state index in [9.17, 15) is 14.0 Å². The second-order valence-electron chi connectivity index (χ2n) is 5.44. The Balaban J connectivity index is 1.79. The predicted octanol–water partition coefficient (Wildman–Crippen LogP) is 1.47. The van der Waals surface area contributed by atoms with Crippen molar-refractivity contribution < 1.29 is 18.7 Å². The van der Waals surface area contributed by atoms with Gasteiger partial charge in [0.1, 0.15) is 5.82 Å². The maximum Gasteiger partial charge on any atom is 0.239 e. The fourth-order valence-corrected chi connectivity index (χ4v) is 2.37. The van der Waals surface area contributed by atoms with Gasteiger partial charge in [0.2, 0.25) is 11.8 Å². The normalized spacial score (nSPS) is 17.3. The third-order valence-electron chi connectivity index (χ3n) is 3.63. The summed E-state index contributed by atoms with van der Waals surface area (Å²) in [5.41, 5.74) is 0.809. The van der Waals surface area contributed by atoms with E-state index >= 15 is 0 Å². The number of carbonyl (C=O) groups is 2. The summed E-state index contributed by atoms with van der Waals surface area (Å²) in [5.74, 6) is -0.695. The lowest BCUT2D eigenvalue weighted by Crippen LogP contribution is -2.43. The van der Waals surface area contributed by atoms with Crippen molar-refractivity contribution in [1.29, 1.82) is 0 Å². The van der Waals surface area contributed by atoms with Gasteiger partial charge in [-0.3, -0.25) is 9.59 Å². The highest BCUT2D eigenvalue weighted by Crippen LogP contribution is 2.13. The highest BCUT2D eigenvalue weighted by Gasteiger charge is 2.22. The number of hydrogen-bond acceptors (Lipinski definition) is 3. The Hall–Kier alpha value is -1.95. The number of benzene rings is 1. The lowest BCUT2D eigenvalue weighted by atomic mass is 10.2. The Bertz CT molecular complexity index is 513. The molecule has 1 saturated heterocycles. The van der Waals surface area contributed by atoms with Crippen molar-refractivity contribution in [3.05, 3.63) is 35.6 Å². The van der Waals surface area contributed by atoms with Gasteiger partial charge in [0.15, 0.2) is 0 Å². The molecule has 1 heterocycles. The van der Waals surface area contributed by atoms with Crippen molar-refractivity contribution in [1.82, 2.24) is 10.2 Å². The number of hydrogen-bond donors (Lipinski definition) is 1. The third-order valence-corrected chi connectivity index (χ3v) is 3.63. The van der Waals surface area contributed by atoms with Crippen LogP contribution in [0.15, 0.2) is 24.3 Å². The van der Waals surface area contributed by atoms with Crippen molar-refractivity contribution in [3.63, 3.8) is 0 Å². The van der Waals surface area contributed by atoms with E-state index in [1.807, 2.05) is 0 Å². The third kappa shape index (κ3) is 5.11. The van der Waals surface area contributed by atoms with Crippen LogP contribution in [-0.4, -0.2) is 42.5 Å². The Morgan fingerprint density at radius 3 is 2.68 bits per heavy atom. The molecule has 0 saturated carbocycles. The van der Waals surface area contributed by atoms with Gasteiger partial charge in [-0.1, -0.05) is 12.1 Å². The topological polar surface area (TPSA) is 58.6 Å². The van der Waals surface area contributed by atoms with Crippen molar-refractivity contribution in [2.45, 2.75) is 32.4 Å². The largest absolute Gasteiger partial charge is 0.376 e. The second-order valence-corrected chi connectivity index (χ2v) is 5.44. The number of ether oxygens (including phenoxy) is 1. The number of nitrogens with one attached hydrogen (secondary N) is 1. The standard InChI is InChI=1S/C16H21FN2O3/c1-12(20)19(10-15-3-2-8-22-15)11-16(21)18-9-13-4-6-14(17)7-5-13/h4-7,15H,2-3,8-11H2,1H3,(H,18,21). The van der Waals surface area contributed by atoms with Crippen LogP contribution in [0.25, 0.3) is 0 Å². The molecular weight excluding hydrogens is 287 g/mol. The molecule has 1 aromatic carbocycles. The van der Waals surface area contributed by atoms with E-state index in [4.69, 9.17) is 4.74 Å². The molecule has 1 fully saturated rings. The average molecular weight is 308 g/mol. The van der Waals surface area contributed by atoms with Crippen molar-refractivity contribution in [2.24, 2.45) is 0 Å². The van der Waals surface area contributed by atoms with Crippen LogP contribution < -0.4 is 5.32 Å². The molecule has 1 unspecified atom stereocenters. The van der Waals surface area contributed by atoms with E-state index in [-0.39, 0.29) is 30.3 Å². The summed E-state index contributed by atoms with van der Waals surface area (Å²) in [6, 6.07) is 5.93. The smallest absolute Gasteiger partial charge is 0.239 e. The fraction of sp³-hybridized carbons (Fsp3) is 0.500. The van der Waals surface area contributed by atoms with Gasteiger partial charge in [-0.25, -0.2) is 4.39 Å². The maximum atomic E-state index is 12.8. The van der Waals surface area contributed by atoms with Gasteiger partial charge in [-0.2, -0.15) is 0 Å². The summed E-state index contributed by atoms with van der Waals surface area (Å²) in [6.45, 7) is 2.93. The molecule has 1 atom stereocenters. The molecule has 1 aliphatic rings. The van der Waals surface area contributed by atoms with Crippen LogP contribution in [-0.2, 0) is 20.9 Å².